The van der Waals surface area contributed by atoms with Gasteiger partial charge in [-0.15, -0.1) is 10.2 Å². The van der Waals surface area contributed by atoms with Gasteiger partial charge in [-0.05, 0) is 37.3 Å². The average molecular weight is 285 g/mol. The van der Waals surface area contributed by atoms with Crippen LogP contribution in [0.2, 0.25) is 0 Å². The van der Waals surface area contributed by atoms with Gasteiger partial charge in [-0.2, -0.15) is 5.26 Å². The van der Waals surface area contributed by atoms with Crippen molar-refractivity contribution >= 4 is 17.4 Å². The molecule has 21 heavy (non-hydrogen) atoms. The topological polar surface area (TPSA) is 90.7 Å². The fourth-order valence-corrected chi connectivity index (χ4v) is 1.63. The zero-order valence-corrected chi connectivity index (χ0v) is 11.2. The van der Waals surface area contributed by atoms with Crippen molar-refractivity contribution in [3.05, 3.63) is 47.4 Å². The molecule has 0 fully saturated rings. The molecule has 0 aliphatic rings. The van der Waals surface area contributed by atoms with Crippen LogP contribution in [-0.4, -0.2) is 22.6 Å². The average Bonchev–Trinajstić information content (AvgIpc) is 2.50. The molecule has 1 aromatic heterocycles. The van der Waals surface area contributed by atoms with E-state index in [0.717, 1.165) is 12.1 Å². The van der Waals surface area contributed by atoms with E-state index in [9.17, 15) is 9.18 Å². The summed E-state index contributed by atoms with van der Waals surface area (Å²) in [4.78, 5) is 12.0. The van der Waals surface area contributed by atoms with Crippen LogP contribution in [0.5, 0.6) is 0 Å². The minimum absolute atomic E-state index is 0.0422. The lowest BCUT2D eigenvalue weighted by atomic mass is 10.2. The van der Waals surface area contributed by atoms with Crippen molar-refractivity contribution in [1.29, 1.82) is 5.26 Å². The third-order valence-electron chi connectivity index (χ3n) is 2.61. The number of amides is 1. The summed E-state index contributed by atoms with van der Waals surface area (Å²) in [6.07, 6.45) is 0. The van der Waals surface area contributed by atoms with Crippen LogP contribution in [0, 0.1) is 17.1 Å². The van der Waals surface area contributed by atoms with Crippen LogP contribution in [0.3, 0.4) is 0 Å². The smallest absolute Gasteiger partial charge is 0.276 e. The van der Waals surface area contributed by atoms with E-state index in [1.807, 2.05) is 13.0 Å². The molecular formula is C14H12FN5O. The second-order valence-electron chi connectivity index (χ2n) is 4.09. The Morgan fingerprint density at radius 1 is 1.33 bits per heavy atom. The van der Waals surface area contributed by atoms with Gasteiger partial charge in [0, 0.05) is 6.54 Å². The minimum atomic E-state index is -0.542. The lowest BCUT2D eigenvalue weighted by Crippen LogP contribution is -2.15. The van der Waals surface area contributed by atoms with Gasteiger partial charge < -0.3 is 10.6 Å². The van der Waals surface area contributed by atoms with Crippen LogP contribution in [0.4, 0.5) is 15.9 Å². The van der Waals surface area contributed by atoms with Crippen LogP contribution >= 0.6 is 0 Å². The first-order valence-electron chi connectivity index (χ1n) is 6.22. The molecule has 1 heterocycles. The van der Waals surface area contributed by atoms with Gasteiger partial charge in [0.1, 0.15) is 17.7 Å². The van der Waals surface area contributed by atoms with Crippen LogP contribution in [0.15, 0.2) is 30.3 Å². The molecule has 2 aromatic rings. The number of nitriles is 1. The van der Waals surface area contributed by atoms with Crippen molar-refractivity contribution in [3.8, 4) is 6.07 Å². The number of rotatable bonds is 4. The van der Waals surface area contributed by atoms with E-state index in [0.29, 0.717) is 12.4 Å². The summed E-state index contributed by atoms with van der Waals surface area (Å²) in [5.41, 5.74) is 0.368. The summed E-state index contributed by atoms with van der Waals surface area (Å²) in [5, 5.41) is 22.0. The maximum absolute atomic E-state index is 13.0. The zero-order chi connectivity index (χ0) is 15.2. The summed E-state index contributed by atoms with van der Waals surface area (Å²) in [5.74, 6) is -0.499. The fraction of sp³-hybridized carbons (Fsp3) is 0.143. The number of anilines is 2. The Hall–Kier alpha value is -3.01. The first-order valence-corrected chi connectivity index (χ1v) is 6.22. The van der Waals surface area contributed by atoms with Crippen LogP contribution in [0.25, 0.3) is 0 Å². The van der Waals surface area contributed by atoms with Crippen molar-refractivity contribution < 1.29 is 9.18 Å². The second kappa shape index (κ2) is 6.43. The number of hydrogen-bond acceptors (Lipinski definition) is 5. The molecule has 2 N–H and O–H groups in total. The van der Waals surface area contributed by atoms with Crippen molar-refractivity contribution in [2.75, 3.05) is 17.2 Å². The molecule has 0 bridgehead atoms. The summed E-state index contributed by atoms with van der Waals surface area (Å²) in [6.45, 7) is 2.61. The molecule has 0 atom stereocenters. The molecule has 7 heteroatoms. The van der Waals surface area contributed by atoms with Crippen molar-refractivity contribution in [3.63, 3.8) is 0 Å². The van der Waals surface area contributed by atoms with E-state index in [4.69, 9.17) is 5.26 Å². The molecule has 0 saturated heterocycles. The number of halogens is 1. The van der Waals surface area contributed by atoms with E-state index >= 15 is 0 Å². The Morgan fingerprint density at radius 2 is 2.14 bits per heavy atom. The number of carbonyl (C=O) groups is 1. The number of hydrogen-bond donors (Lipinski definition) is 2. The maximum Gasteiger partial charge on any atom is 0.276 e. The highest BCUT2D eigenvalue weighted by Gasteiger charge is 2.11. The second-order valence-corrected chi connectivity index (χ2v) is 4.09. The number of carbonyl (C=O) groups excluding carboxylic acids is 1. The van der Waals surface area contributed by atoms with E-state index in [-0.39, 0.29) is 16.9 Å². The van der Waals surface area contributed by atoms with Crippen LogP contribution in [-0.2, 0) is 0 Å². The van der Waals surface area contributed by atoms with E-state index in [2.05, 4.69) is 20.8 Å². The first kappa shape index (κ1) is 14.4. The number of benzene rings is 1. The molecule has 0 unspecified atom stereocenters. The van der Waals surface area contributed by atoms with Gasteiger partial charge in [0.25, 0.3) is 5.91 Å². The summed E-state index contributed by atoms with van der Waals surface area (Å²) in [6, 6.07) is 8.49. The fourth-order valence-electron chi connectivity index (χ4n) is 1.63. The van der Waals surface area contributed by atoms with Gasteiger partial charge in [0.2, 0.25) is 0 Å². The Balaban J connectivity index is 2.16. The van der Waals surface area contributed by atoms with Crippen LogP contribution < -0.4 is 10.6 Å². The number of nitrogens with zero attached hydrogens (tertiary/aromatic N) is 3. The van der Waals surface area contributed by atoms with E-state index in [1.54, 1.807) is 6.07 Å². The molecule has 106 valence electrons. The predicted octanol–water partition coefficient (Wildman–Crippen LogP) is 2.17. The monoisotopic (exact) mass is 285 g/mol. The Bertz CT molecular complexity index is 694. The van der Waals surface area contributed by atoms with Gasteiger partial charge in [0.05, 0.1) is 11.3 Å². The van der Waals surface area contributed by atoms with Crippen molar-refractivity contribution in [2.24, 2.45) is 0 Å². The Labute approximate surface area is 120 Å². The summed E-state index contributed by atoms with van der Waals surface area (Å²) in [7, 11) is 0. The quantitative estimate of drug-likeness (QED) is 0.898. The van der Waals surface area contributed by atoms with Crippen LogP contribution in [0.1, 0.15) is 23.0 Å². The molecule has 2 rings (SSSR count). The SMILES string of the molecule is CCNc1ccc(C(=O)Nc2ccc(F)cc2C#N)nn1. The van der Waals surface area contributed by atoms with E-state index in [1.165, 1.54) is 12.1 Å². The molecule has 0 saturated carbocycles. The zero-order valence-electron chi connectivity index (χ0n) is 11.2. The first-order chi connectivity index (χ1) is 10.1. The van der Waals surface area contributed by atoms with Gasteiger partial charge in [0.15, 0.2) is 5.69 Å². The Morgan fingerprint density at radius 3 is 2.76 bits per heavy atom. The van der Waals surface area contributed by atoms with E-state index < -0.39 is 11.7 Å². The number of aromatic nitrogens is 2. The van der Waals surface area contributed by atoms with Crippen molar-refractivity contribution in [1.82, 2.24) is 10.2 Å². The lowest BCUT2D eigenvalue weighted by Gasteiger charge is -2.07. The normalized spacial score (nSPS) is 9.76. The molecule has 6 nitrogen and oxygen atoms in total. The molecule has 1 amide bonds. The Kier molecular flexibility index (Phi) is 4.41. The third-order valence-corrected chi connectivity index (χ3v) is 2.61. The molecule has 0 aliphatic heterocycles. The van der Waals surface area contributed by atoms with Gasteiger partial charge in [-0.3, -0.25) is 4.79 Å². The summed E-state index contributed by atoms with van der Waals surface area (Å²) < 4.78 is 13.0. The molecule has 0 aliphatic carbocycles. The molecular weight excluding hydrogens is 273 g/mol. The minimum Gasteiger partial charge on any atom is -0.369 e. The van der Waals surface area contributed by atoms with Crippen molar-refractivity contribution in [2.45, 2.75) is 6.92 Å². The highest BCUT2D eigenvalue weighted by Crippen LogP contribution is 2.16. The molecule has 1 aromatic carbocycles. The largest absolute Gasteiger partial charge is 0.369 e. The summed E-state index contributed by atoms with van der Waals surface area (Å²) >= 11 is 0. The molecule has 0 radical (unpaired) electrons. The standard InChI is InChI=1S/C14H12FN5O/c1-2-17-13-6-5-12(19-20-13)14(21)18-11-4-3-10(15)7-9(11)8-16/h3-7H,2H2,1H3,(H,17,20)(H,18,21). The highest BCUT2D eigenvalue weighted by molar-refractivity contribution is 6.03. The van der Waals surface area contributed by atoms with Gasteiger partial charge in [-0.25, -0.2) is 4.39 Å². The maximum atomic E-state index is 13.0. The van der Waals surface area contributed by atoms with Gasteiger partial charge >= 0.3 is 0 Å². The third kappa shape index (κ3) is 3.51. The number of nitrogens with one attached hydrogen (secondary N) is 2. The molecule has 0 spiro atoms. The lowest BCUT2D eigenvalue weighted by molar-refractivity contribution is 0.102. The highest BCUT2D eigenvalue weighted by atomic mass is 19.1. The predicted molar refractivity (Wildman–Crippen MR) is 75.3 cm³/mol. The van der Waals surface area contributed by atoms with Gasteiger partial charge in [-0.1, -0.05) is 0 Å².